The van der Waals surface area contributed by atoms with Gasteiger partial charge in [0.15, 0.2) is 0 Å². The van der Waals surface area contributed by atoms with Gasteiger partial charge in [-0.3, -0.25) is 4.79 Å². The fourth-order valence-corrected chi connectivity index (χ4v) is 5.00. The third-order valence-corrected chi connectivity index (χ3v) is 6.69. The predicted octanol–water partition coefficient (Wildman–Crippen LogP) is 2.53. The number of rotatable bonds is 4. The molecule has 1 amide bonds. The topological polar surface area (TPSA) is 80.6 Å². The second-order valence-electron chi connectivity index (χ2n) is 6.39. The Morgan fingerprint density at radius 3 is 2.62 bits per heavy atom. The summed E-state index contributed by atoms with van der Waals surface area (Å²) in [7, 11) is -2.25. The molecule has 0 aliphatic carbocycles. The number of hydrogen-bond donors (Lipinski definition) is 1. The highest BCUT2D eigenvalue weighted by atomic mass is 32.2. The summed E-state index contributed by atoms with van der Waals surface area (Å²) in [5.74, 6) is 0.0600. The van der Waals surface area contributed by atoms with Crippen LogP contribution in [0.2, 0.25) is 0 Å². The number of benzene rings is 1. The number of amides is 1. The van der Waals surface area contributed by atoms with Crippen molar-refractivity contribution in [3.05, 3.63) is 41.7 Å². The van der Waals surface area contributed by atoms with Crippen molar-refractivity contribution in [2.24, 2.45) is 0 Å². The van der Waals surface area contributed by atoms with Gasteiger partial charge in [0.25, 0.3) is 0 Å². The molecule has 1 aromatic carbocycles. The number of sulfonamides is 1. The lowest BCUT2D eigenvalue weighted by Gasteiger charge is -2.34. The zero-order valence-corrected chi connectivity index (χ0v) is 16.1. The Hall–Kier alpha value is -2.32. The fourth-order valence-electron chi connectivity index (χ4n) is 3.39. The zero-order valence-electron chi connectivity index (χ0n) is 15.3. The first-order chi connectivity index (χ1) is 12.3. The van der Waals surface area contributed by atoms with Crippen LogP contribution in [0.5, 0.6) is 5.75 Å². The lowest BCUT2D eigenvalue weighted by atomic mass is 10.2. The molecule has 0 spiro atoms. The molecule has 0 unspecified atom stereocenters. The van der Waals surface area contributed by atoms with Gasteiger partial charge < -0.3 is 14.6 Å². The number of carbonyl (C=O) groups is 1. The Bertz CT molecular complexity index is 949. The Morgan fingerprint density at radius 1 is 1.23 bits per heavy atom. The van der Waals surface area contributed by atoms with Crippen LogP contribution >= 0.6 is 0 Å². The lowest BCUT2D eigenvalue weighted by Crippen LogP contribution is -2.41. The molecule has 2 aromatic rings. The van der Waals surface area contributed by atoms with Crippen LogP contribution in [0.15, 0.2) is 35.2 Å². The molecule has 0 fully saturated rings. The second kappa shape index (κ2) is 6.77. The molecular weight excluding hydrogens is 354 g/mol. The van der Waals surface area contributed by atoms with Gasteiger partial charge in [0.1, 0.15) is 5.75 Å². The van der Waals surface area contributed by atoms with Crippen molar-refractivity contribution in [2.75, 3.05) is 19.0 Å². The van der Waals surface area contributed by atoms with Crippen molar-refractivity contribution < 1.29 is 17.9 Å². The minimum absolute atomic E-state index is 0.145. The number of nitrogens with one attached hydrogen (secondary N) is 1. The van der Waals surface area contributed by atoms with E-state index < -0.39 is 10.0 Å². The van der Waals surface area contributed by atoms with Crippen molar-refractivity contribution in [3.63, 3.8) is 0 Å². The highest BCUT2D eigenvalue weighted by molar-refractivity contribution is 7.89. The fraction of sp³-hybridized carbons (Fsp3) is 0.389. The van der Waals surface area contributed by atoms with Crippen LogP contribution < -0.4 is 10.1 Å². The van der Waals surface area contributed by atoms with Gasteiger partial charge in [0.2, 0.25) is 15.9 Å². The number of fused-ring (bicyclic) bond motifs is 1. The van der Waals surface area contributed by atoms with E-state index in [0.29, 0.717) is 24.5 Å². The van der Waals surface area contributed by atoms with Crippen LogP contribution in [0.3, 0.4) is 0 Å². The number of aryl methyl sites for hydroxylation is 1. The second-order valence-corrected chi connectivity index (χ2v) is 8.28. The van der Waals surface area contributed by atoms with Crippen molar-refractivity contribution in [2.45, 2.75) is 38.3 Å². The SMILES string of the molecule is COc1cc(S(=O)(=O)N2CCn3c(C)ccc3[C@@H]2C)ccc1NC(C)=O. The van der Waals surface area contributed by atoms with E-state index in [1.807, 2.05) is 26.0 Å². The molecule has 1 N–H and O–H groups in total. The summed E-state index contributed by atoms with van der Waals surface area (Å²) >= 11 is 0. The van der Waals surface area contributed by atoms with E-state index in [2.05, 4.69) is 9.88 Å². The number of aromatic nitrogens is 1. The van der Waals surface area contributed by atoms with Crippen molar-refractivity contribution in [3.8, 4) is 5.75 Å². The molecule has 1 aromatic heterocycles. The van der Waals surface area contributed by atoms with Crippen LogP contribution in [-0.4, -0.2) is 36.9 Å². The molecule has 0 radical (unpaired) electrons. The number of nitrogens with zero attached hydrogens (tertiary/aromatic N) is 2. The van der Waals surface area contributed by atoms with Gasteiger partial charge in [-0.1, -0.05) is 0 Å². The first-order valence-corrected chi connectivity index (χ1v) is 9.83. The van der Waals surface area contributed by atoms with E-state index in [0.717, 1.165) is 11.4 Å². The first kappa shape index (κ1) is 18.5. The Labute approximate surface area is 153 Å². The molecule has 1 aliphatic heterocycles. The summed E-state index contributed by atoms with van der Waals surface area (Å²) in [6, 6.07) is 8.22. The summed E-state index contributed by atoms with van der Waals surface area (Å²) in [4.78, 5) is 11.4. The molecular formula is C18H23N3O4S. The normalized spacial score (nSPS) is 17.6. The first-order valence-electron chi connectivity index (χ1n) is 8.39. The highest BCUT2D eigenvalue weighted by Gasteiger charge is 2.34. The quantitative estimate of drug-likeness (QED) is 0.888. The van der Waals surface area contributed by atoms with Gasteiger partial charge in [-0.2, -0.15) is 4.31 Å². The van der Waals surface area contributed by atoms with Gasteiger partial charge >= 0.3 is 0 Å². The van der Waals surface area contributed by atoms with E-state index in [4.69, 9.17) is 4.74 Å². The monoisotopic (exact) mass is 377 g/mol. The highest BCUT2D eigenvalue weighted by Crippen LogP contribution is 2.34. The van der Waals surface area contributed by atoms with Crippen LogP contribution in [0, 0.1) is 6.92 Å². The Balaban J connectivity index is 1.97. The number of ether oxygens (including phenoxy) is 1. The summed E-state index contributed by atoms with van der Waals surface area (Å²) in [5.41, 5.74) is 2.56. The van der Waals surface area contributed by atoms with Crippen LogP contribution in [0.25, 0.3) is 0 Å². The predicted molar refractivity (Wildman–Crippen MR) is 98.8 cm³/mol. The van der Waals surface area contributed by atoms with E-state index in [1.54, 1.807) is 6.07 Å². The molecule has 3 rings (SSSR count). The van der Waals surface area contributed by atoms with Crippen LogP contribution in [0.1, 0.15) is 31.3 Å². The standard InChI is InChI=1S/C18H23N3O4S/c1-12-5-8-17-13(2)21(10-9-20(12)17)26(23,24)15-6-7-16(19-14(3)22)18(11-15)25-4/h5-8,11,13H,9-10H2,1-4H3,(H,19,22)/t13-/m0/s1. The van der Waals surface area contributed by atoms with E-state index in [9.17, 15) is 13.2 Å². The summed E-state index contributed by atoms with van der Waals surface area (Å²) in [5, 5.41) is 2.63. The van der Waals surface area contributed by atoms with Gasteiger partial charge in [-0.05, 0) is 38.1 Å². The average Bonchev–Trinajstić information content (AvgIpc) is 2.97. The van der Waals surface area contributed by atoms with Crippen molar-refractivity contribution >= 4 is 21.6 Å². The largest absolute Gasteiger partial charge is 0.495 e. The van der Waals surface area contributed by atoms with Gasteiger partial charge in [0, 0.05) is 37.5 Å². The molecule has 140 valence electrons. The number of hydrogen-bond acceptors (Lipinski definition) is 4. The van der Waals surface area contributed by atoms with Gasteiger partial charge in [0.05, 0.1) is 23.7 Å². The third kappa shape index (κ3) is 3.10. The van der Waals surface area contributed by atoms with Gasteiger partial charge in [-0.15, -0.1) is 0 Å². The maximum Gasteiger partial charge on any atom is 0.243 e. The van der Waals surface area contributed by atoms with E-state index in [-0.39, 0.29) is 16.8 Å². The van der Waals surface area contributed by atoms with Crippen LogP contribution in [-0.2, 0) is 21.4 Å². The summed E-state index contributed by atoms with van der Waals surface area (Å²) in [6.45, 7) is 6.33. The maximum absolute atomic E-state index is 13.2. The zero-order chi connectivity index (χ0) is 19.1. The molecule has 8 heteroatoms. The minimum atomic E-state index is -3.70. The van der Waals surface area contributed by atoms with Gasteiger partial charge in [-0.25, -0.2) is 8.42 Å². The Kier molecular flexibility index (Phi) is 4.81. The smallest absolute Gasteiger partial charge is 0.243 e. The molecule has 0 bridgehead atoms. The molecule has 2 heterocycles. The van der Waals surface area contributed by atoms with E-state index in [1.165, 1.54) is 30.5 Å². The summed E-state index contributed by atoms with van der Waals surface area (Å²) < 4.78 is 35.3. The molecule has 26 heavy (non-hydrogen) atoms. The number of methoxy groups -OCH3 is 1. The average molecular weight is 377 g/mol. The lowest BCUT2D eigenvalue weighted by molar-refractivity contribution is -0.114. The minimum Gasteiger partial charge on any atom is -0.495 e. The van der Waals surface area contributed by atoms with Crippen LogP contribution in [0.4, 0.5) is 5.69 Å². The molecule has 7 nitrogen and oxygen atoms in total. The van der Waals surface area contributed by atoms with E-state index >= 15 is 0 Å². The number of anilines is 1. The molecule has 1 aliphatic rings. The van der Waals surface area contributed by atoms with Crippen molar-refractivity contribution in [1.82, 2.24) is 8.87 Å². The molecule has 1 atom stereocenters. The Morgan fingerprint density at radius 2 is 1.96 bits per heavy atom. The maximum atomic E-state index is 13.2. The molecule has 0 saturated carbocycles. The third-order valence-electron chi connectivity index (χ3n) is 4.73. The summed E-state index contributed by atoms with van der Waals surface area (Å²) in [6.07, 6.45) is 0. The number of carbonyl (C=O) groups excluding carboxylic acids is 1. The molecule has 0 saturated heterocycles. The van der Waals surface area contributed by atoms with Crippen molar-refractivity contribution in [1.29, 1.82) is 0 Å².